The summed E-state index contributed by atoms with van der Waals surface area (Å²) >= 11 is 0. The molecule has 4 nitrogen and oxygen atoms in total. The van der Waals surface area contributed by atoms with E-state index in [1.165, 1.54) is 17.7 Å². The Morgan fingerprint density at radius 2 is 2.00 bits per heavy atom. The summed E-state index contributed by atoms with van der Waals surface area (Å²) in [6, 6.07) is 6.90. The Balaban J connectivity index is 1.65. The molecule has 140 valence electrons. The average molecular weight is 362 g/mol. The van der Waals surface area contributed by atoms with E-state index in [1.807, 2.05) is 6.07 Å². The minimum atomic E-state index is -2.81. The molecule has 26 heavy (non-hydrogen) atoms. The van der Waals surface area contributed by atoms with E-state index < -0.39 is 6.61 Å². The first-order valence-corrected chi connectivity index (χ1v) is 9.42. The van der Waals surface area contributed by atoms with Crippen molar-refractivity contribution in [3.05, 3.63) is 35.5 Å². The first-order valence-electron chi connectivity index (χ1n) is 9.42. The third kappa shape index (κ3) is 3.75. The molecule has 2 aromatic rings. The summed E-state index contributed by atoms with van der Waals surface area (Å²) < 4.78 is 37.3. The summed E-state index contributed by atoms with van der Waals surface area (Å²) in [5, 5.41) is 4.91. The second-order valence-electron chi connectivity index (χ2n) is 7.13. The molecule has 0 unspecified atom stereocenters. The molecule has 0 spiro atoms. The summed E-state index contributed by atoms with van der Waals surface area (Å²) in [5.74, 6) is 0.775. The molecule has 6 heteroatoms. The summed E-state index contributed by atoms with van der Waals surface area (Å²) in [4.78, 5) is 0. The lowest BCUT2D eigenvalue weighted by Gasteiger charge is -2.23. The van der Waals surface area contributed by atoms with Crippen LogP contribution in [0.1, 0.15) is 36.9 Å². The van der Waals surface area contributed by atoms with Gasteiger partial charge in [0.1, 0.15) is 5.75 Å². The van der Waals surface area contributed by atoms with Crippen LogP contribution in [0.25, 0.3) is 11.3 Å². The Morgan fingerprint density at radius 1 is 1.19 bits per heavy atom. The fraction of sp³-hybridized carbons (Fsp3) is 0.550. The van der Waals surface area contributed by atoms with Crippen molar-refractivity contribution < 1.29 is 18.3 Å². The lowest BCUT2D eigenvalue weighted by Crippen LogP contribution is -2.22. The first kappa shape index (κ1) is 17.5. The van der Waals surface area contributed by atoms with E-state index in [9.17, 15) is 8.78 Å². The van der Waals surface area contributed by atoms with Gasteiger partial charge in [-0.15, -0.1) is 0 Å². The number of rotatable bonds is 5. The van der Waals surface area contributed by atoms with E-state index >= 15 is 0 Å². The normalized spacial score (nSPS) is 18.1. The summed E-state index contributed by atoms with van der Waals surface area (Å²) in [6.45, 7) is -0.244. The zero-order valence-corrected chi connectivity index (χ0v) is 14.8. The van der Waals surface area contributed by atoms with Gasteiger partial charge in [-0.05, 0) is 56.6 Å². The molecular formula is C20H24F2N2O2. The van der Waals surface area contributed by atoms with E-state index in [-0.39, 0.29) is 5.75 Å². The van der Waals surface area contributed by atoms with Gasteiger partial charge in [0, 0.05) is 36.6 Å². The molecule has 0 saturated carbocycles. The predicted molar refractivity (Wildman–Crippen MR) is 94.5 cm³/mol. The maximum atomic E-state index is 12.5. The van der Waals surface area contributed by atoms with Gasteiger partial charge in [0.15, 0.2) is 0 Å². The maximum absolute atomic E-state index is 12.5. The van der Waals surface area contributed by atoms with Crippen LogP contribution in [0.4, 0.5) is 8.78 Å². The fourth-order valence-corrected chi connectivity index (χ4v) is 4.05. The average Bonchev–Trinajstić information content (AvgIpc) is 3.01. The quantitative estimate of drug-likeness (QED) is 0.788. The third-order valence-corrected chi connectivity index (χ3v) is 5.36. The van der Waals surface area contributed by atoms with Gasteiger partial charge in [-0.3, -0.25) is 4.68 Å². The van der Waals surface area contributed by atoms with Crippen molar-refractivity contribution in [1.82, 2.24) is 9.78 Å². The van der Waals surface area contributed by atoms with Crippen molar-refractivity contribution in [3.8, 4) is 17.0 Å². The zero-order valence-electron chi connectivity index (χ0n) is 14.8. The molecule has 0 atom stereocenters. The Labute approximate surface area is 152 Å². The molecule has 1 aromatic carbocycles. The highest BCUT2D eigenvalue weighted by molar-refractivity contribution is 5.66. The van der Waals surface area contributed by atoms with Crippen molar-refractivity contribution in [2.75, 3.05) is 13.2 Å². The molecule has 2 heterocycles. The highest BCUT2D eigenvalue weighted by Crippen LogP contribution is 2.34. The van der Waals surface area contributed by atoms with Gasteiger partial charge in [0.25, 0.3) is 0 Å². The number of hydrogen-bond acceptors (Lipinski definition) is 3. The van der Waals surface area contributed by atoms with Crippen LogP contribution in [0.3, 0.4) is 0 Å². The fourth-order valence-electron chi connectivity index (χ4n) is 4.05. The maximum Gasteiger partial charge on any atom is 0.387 e. The van der Waals surface area contributed by atoms with Crippen molar-refractivity contribution in [2.45, 2.75) is 51.7 Å². The van der Waals surface area contributed by atoms with Crippen LogP contribution in [-0.4, -0.2) is 29.6 Å². The molecule has 1 saturated heterocycles. The van der Waals surface area contributed by atoms with Crippen LogP contribution < -0.4 is 4.74 Å². The predicted octanol–water partition coefficient (Wildman–Crippen LogP) is 4.46. The Bertz CT molecular complexity index is 754. The highest BCUT2D eigenvalue weighted by Gasteiger charge is 2.24. The molecule has 1 aromatic heterocycles. The second kappa shape index (κ2) is 7.74. The van der Waals surface area contributed by atoms with Crippen LogP contribution in [0.5, 0.6) is 5.75 Å². The summed E-state index contributed by atoms with van der Waals surface area (Å²) in [6.07, 6.45) is 6.51. The number of hydrogen-bond donors (Lipinski definition) is 0. The molecule has 0 N–H and O–H groups in total. The smallest absolute Gasteiger partial charge is 0.387 e. The number of aromatic nitrogens is 2. The van der Waals surface area contributed by atoms with Gasteiger partial charge in [0.05, 0.1) is 5.69 Å². The standard InChI is InChI=1S/C20H24F2N2O2/c21-20(22)26-16-5-3-4-15(12-16)19-17-6-1-2-7-18(17)24(23-19)13-14-8-10-25-11-9-14/h3-5,12,14,20H,1-2,6-11,13H2. The molecule has 1 aliphatic carbocycles. The molecule has 4 rings (SSSR count). The van der Waals surface area contributed by atoms with E-state index in [2.05, 4.69) is 9.42 Å². The van der Waals surface area contributed by atoms with Crippen LogP contribution >= 0.6 is 0 Å². The third-order valence-electron chi connectivity index (χ3n) is 5.36. The number of nitrogens with zero attached hydrogens (tertiary/aromatic N) is 2. The molecule has 0 radical (unpaired) electrons. The van der Waals surface area contributed by atoms with E-state index in [0.717, 1.165) is 63.1 Å². The summed E-state index contributed by atoms with van der Waals surface area (Å²) in [5.41, 5.74) is 4.37. The number of benzene rings is 1. The monoisotopic (exact) mass is 362 g/mol. The van der Waals surface area contributed by atoms with Gasteiger partial charge in [-0.2, -0.15) is 13.9 Å². The van der Waals surface area contributed by atoms with Gasteiger partial charge in [0.2, 0.25) is 0 Å². The molecule has 0 bridgehead atoms. The first-order chi connectivity index (χ1) is 12.7. The van der Waals surface area contributed by atoms with Gasteiger partial charge in [-0.1, -0.05) is 12.1 Å². The van der Waals surface area contributed by atoms with Crippen molar-refractivity contribution >= 4 is 0 Å². The minimum Gasteiger partial charge on any atom is -0.435 e. The van der Waals surface area contributed by atoms with Gasteiger partial charge < -0.3 is 9.47 Å². The largest absolute Gasteiger partial charge is 0.435 e. The van der Waals surface area contributed by atoms with Gasteiger partial charge >= 0.3 is 6.61 Å². The van der Waals surface area contributed by atoms with Crippen LogP contribution in [-0.2, 0) is 24.1 Å². The second-order valence-corrected chi connectivity index (χ2v) is 7.13. The van der Waals surface area contributed by atoms with Crippen LogP contribution in [0, 0.1) is 5.92 Å². The van der Waals surface area contributed by atoms with Crippen LogP contribution in [0.2, 0.25) is 0 Å². The van der Waals surface area contributed by atoms with Gasteiger partial charge in [-0.25, -0.2) is 0 Å². The topological polar surface area (TPSA) is 36.3 Å². The number of fused-ring (bicyclic) bond motifs is 1. The lowest BCUT2D eigenvalue weighted by molar-refractivity contribution is -0.0498. The molecule has 1 aliphatic heterocycles. The number of alkyl halides is 2. The zero-order chi connectivity index (χ0) is 17.9. The minimum absolute atomic E-state index is 0.182. The van der Waals surface area contributed by atoms with Crippen molar-refractivity contribution in [2.24, 2.45) is 5.92 Å². The summed E-state index contributed by atoms with van der Waals surface area (Å²) in [7, 11) is 0. The molecular weight excluding hydrogens is 338 g/mol. The Morgan fingerprint density at radius 3 is 2.81 bits per heavy atom. The van der Waals surface area contributed by atoms with Crippen molar-refractivity contribution in [1.29, 1.82) is 0 Å². The van der Waals surface area contributed by atoms with E-state index in [1.54, 1.807) is 18.2 Å². The highest BCUT2D eigenvalue weighted by atomic mass is 19.3. The van der Waals surface area contributed by atoms with E-state index in [4.69, 9.17) is 9.84 Å². The van der Waals surface area contributed by atoms with Crippen molar-refractivity contribution in [3.63, 3.8) is 0 Å². The molecule has 1 fully saturated rings. The lowest BCUT2D eigenvalue weighted by atomic mass is 9.93. The number of halogens is 2. The number of ether oxygens (including phenoxy) is 2. The Kier molecular flexibility index (Phi) is 5.20. The SMILES string of the molecule is FC(F)Oc1cccc(-c2nn(CC3CCOCC3)c3c2CCCC3)c1. The molecule has 2 aliphatic rings. The Hall–Kier alpha value is -1.95. The van der Waals surface area contributed by atoms with Crippen LogP contribution in [0.15, 0.2) is 24.3 Å². The van der Waals surface area contributed by atoms with E-state index in [0.29, 0.717) is 5.92 Å². The molecule has 0 amide bonds.